The van der Waals surface area contributed by atoms with E-state index in [1.165, 1.54) is 10.9 Å². The van der Waals surface area contributed by atoms with E-state index >= 15 is 0 Å². The summed E-state index contributed by atoms with van der Waals surface area (Å²) in [5, 5.41) is 7.97. The lowest BCUT2D eigenvalue weighted by molar-refractivity contribution is 0.347. The van der Waals surface area contributed by atoms with Crippen molar-refractivity contribution in [2.24, 2.45) is 4.99 Å². The smallest absolute Gasteiger partial charge is 0.191 e. The second-order valence-corrected chi connectivity index (χ2v) is 6.79. The van der Waals surface area contributed by atoms with Gasteiger partial charge in [0.1, 0.15) is 5.75 Å². The minimum absolute atomic E-state index is 0. The maximum Gasteiger partial charge on any atom is 0.191 e. The number of hydrogen-bond acceptors (Lipinski definition) is 4. The number of nitrogens with one attached hydrogen (secondary N) is 2. The monoisotopic (exact) mass is 538 g/mol. The van der Waals surface area contributed by atoms with Gasteiger partial charge in [-0.15, -0.1) is 24.0 Å². The summed E-state index contributed by atoms with van der Waals surface area (Å²) in [4.78, 5) is 4.31. The first-order chi connectivity index (χ1) is 14.7. The molecule has 3 rings (SSSR count). The molecule has 0 spiro atoms. The molecule has 0 aliphatic rings. The van der Waals surface area contributed by atoms with Gasteiger partial charge in [-0.05, 0) is 30.0 Å². The van der Waals surface area contributed by atoms with Gasteiger partial charge >= 0.3 is 0 Å². The summed E-state index contributed by atoms with van der Waals surface area (Å²) >= 11 is 0. The summed E-state index contributed by atoms with van der Waals surface area (Å²) in [7, 11) is 6.64. The van der Waals surface area contributed by atoms with Crippen LogP contribution in [0.4, 0.5) is 0 Å². The fourth-order valence-electron chi connectivity index (χ4n) is 3.42. The number of benzene rings is 2. The molecule has 0 unspecified atom stereocenters. The summed E-state index contributed by atoms with van der Waals surface area (Å²) in [6, 6.07) is 14.3. The third kappa shape index (κ3) is 6.19. The summed E-state index contributed by atoms with van der Waals surface area (Å²) < 4.78 is 18.5. The Morgan fingerprint density at radius 1 is 0.935 bits per heavy atom. The molecule has 7 nitrogen and oxygen atoms in total. The highest BCUT2D eigenvalue weighted by Gasteiger charge is 2.12. The summed E-state index contributed by atoms with van der Waals surface area (Å²) in [5.74, 6) is 2.77. The Hall–Kier alpha value is -2.62. The largest absolute Gasteiger partial charge is 0.496 e. The normalized spacial score (nSPS) is 11.0. The van der Waals surface area contributed by atoms with Gasteiger partial charge in [0, 0.05) is 50.0 Å². The minimum atomic E-state index is 0. The van der Waals surface area contributed by atoms with Crippen LogP contribution < -0.4 is 24.8 Å². The van der Waals surface area contributed by atoms with Crippen molar-refractivity contribution in [1.29, 1.82) is 0 Å². The molecule has 0 fully saturated rings. The Labute approximate surface area is 200 Å². The first-order valence-electron chi connectivity index (χ1n) is 9.97. The van der Waals surface area contributed by atoms with Crippen LogP contribution in [-0.4, -0.2) is 45.4 Å². The quantitative estimate of drug-likeness (QED) is 0.186. The van der Waals surface area contributed by atoms with Crippen LogP contribution in [0.1, 0.15) is 12.0 Å². The van der Waals surface area contributed by atoms with Crippen LogP contribution in [0.25, 0.3) is 10.9 Å². The molecule has 2 N–H and O–H groups in total. The van der Waals surface area contributed by atoms with Crippen LogP contribution in [0.5, 0.6) is 17.2 Å². The van der Waals surface area contributed by atoms with E-state index in [1.54, 1.807) is 28.4 Å². The average Bonchev–Trinajstić information content (AvgIpc) is 3.21. The van der Waals surface area contributed by atoms with Crippen molar-refractivity contribution >= 4 is 40.8 Å². The number of aryl methyl sites for hydroxylation is 1. The predicted molar refractivity (Wildman–Crippen MR) is 136 cm³/mol. The van der Waals surface area contributed by atoms with Gasteiger partial charge in [-0.1, -0.05) is 18.2 Å². The lowest BCUT2D eigenvalue weighted by Crippen LogP contribution is -2.37. The number of aromatic nitrogens is 1. The highest BCUT2D eigenvalue weighted by molar-refractivity contribution is 14.0. The van der Waals surface area contributed by atoms with E-state index in [0.717, 1.165) is 36.8 Å². The van der Waals surface area contributed by atoms with Crippen molar-refractivity contribution in [3.05, 3.63) is 54.2 Å². The van der Waals surface area contributed by atoms with Crippen LogP contribution in [0.15, 0.2) is 53.7 Å². The predicted octanol–water partition coefficient (Wildman–Crippen LogP) is 4.04. The molecule has 0 saturated heterocycles. The van der Waals surface area contributed by atoms with Gasteiger partial charge in [0.05, 0.1) is 21.3 Å². The van der Waals surface area contributed by atoms with Crippen LogP contribution in [0.2, 0.25) is 0 Å². The Bertz CT molecular complexity index is 1000. The number of fused-ring (bicyclic) bond motifs is 1. The lowest BCUT2D eigenvalue weighted by atomic mass is 10.1. The fraction of sp³-hybridized carbons (Fsp3) is 0.348. The molecule has 31 heavy (non-hydrogen) atoms. The summed E-state index contributed by atoms with van der Waals surface area (Å²) in [6.45, 7) is 2.31. The number of guanidine groups is 1. The molecule has 3 aromatic rings. The molecule has 0 amide bonds. The molecule has 0 aliphatic carbocycles. The molecule has 0 aliphatic heterocycles. The molecule has 2 aromatic carbocycles. The molecule has 0 bridgehead atoms. The van der Waals surface area contributed by atoms with Crippen LogP contribution in [0.3, 0.4) is 0 Å². The Morgan fingerprint density at radius 2 is 1.65 bits per heavy atom. The standard InChI is InChI=1S/C23H30N4O3.HI/c1-24-23(25-11-7-12-27-13-10-17-8-5-6-9-19(17)27)26-16-18-14-21(29-3)22(30-4)15-20(18)28-2;/h5-6,8-10,13-15H,7,11-12,16H2,1-4H3,(H2,24,25,26);1H. The van der Waals surface area contributed by atoms with E-state index < -0.39 is 0 Å². The number of hydrogen-bond donors (Lipinski definition) is 2. The fourth-order valence-corrected chi connectivity index (χ4v) is 3.42. The van der Waals surface area contributed by atoms with Crippen LogP contribution in [0, 0.1) is 0 Å². The second-order valence-electron chi connectivity index (χ2n) is 6.79. The number of ether oxygens (including phenoxy) is 3. The van der Waals surface area contributed by atoms with Crippen molar-refractivity contribution in [3.8, 4) is 17.2 Å². The SMILES string of the molecule is CN=C(NCCCn1ccc2ccccc21)NCc1cc(OC)c(OC)cc1OC.I. The van der Waals surface area contributed by atoms with Gasteiger partial charge in [-0.25, -0.2) is 0 Å². The molecular formula is C23H31IN4O3. The van der Waals surface area contributed by atoms with Gasteiger partial charge in [0.2, 0.25) is 0 Å². The highest BCUT2D eigenvalue weighted by Crippen LogP contribution is 2.34. The van der Waals surface area contributed by atoms with E-state index in [1.807, 2.05) is 12.1 Å². The van der Waals surface area contributed by atoms with E-state index in [4.69, 9.17) is 14.2 Å². The molecule has 0 radical (unpaired) electrons. The lowest BCUT2D eigenvalue weighted by Gasteiger charge is -2.16. The van der Waals surface area contributed by atoms with Crippen LogP contribution in [-0.2, 0) is 13.1 Å². The number of methoxy groups -OCH3 is 3. The zero-order chi connectivity index (χ0) is 21.3. The highest BCUT2D eigenvalue weighted by atomic mass is 127. The minimum Gasteiger partial charge on any atom is -0.496 e. The van der Waals surface area contributed by atoms with E-state index in [0.29, 0.717) is 18.0 Å². The van der Waals surface area contributed by atoms with Crippen molar-refractivity contribution in [1.82, 2.24) is 15.2 Å². The Morgan fingerprint density at radius 3 is 2.35 bits per heavy atom. The third-order valence-corrected chi connectivity index (χ3v) is 5.00. The first kappa shape index (κ1) is 24.6. The summed E-state index contributed by atoms with van der Waals surface area (Å²) in [6.07, 6.45) is 3.13. The van der Waals surface area contributed by atoms with E-state index in [2.05, 4.69) is 56.7 Å². The molecule has 168 valence electrons. The maximum atomic E-state index is 5.49. The van der Waals surface area contributed by atoms with E-state index in [-0.39, 0.29) is 24.0 Å². The van der Waals surface area contributed by atoms with Crippen molar-refractivity contribution in [2.75, 3.05) is 34.9 Å². The van der Waals surface area contributed by atoms with Gasteiger partial charge in [-0.3, -0.25) is 4.99 Å². The number of rotatable bonds is 9. The molecule has 1 heterocycles. The topological polar surface area (TPSA) is 69.0 Å². The van der Waals surface area contributed by atoms with Crippen LogP contribution >= 0.6 is 24.0 Å². The van der Waals surface area contributed by atoms with Crippen molar-refractivity contribution in [2.45, 2.75) is 19.5 Å². The number of halogens is 1. The van der Waals surface area contributed by atoms with Gasteiger partial charge in [0.15, 0.2) is 17.5 Å². The Kier molecular flexibility index (Phi) is 9.77. The zero-order valence-electron chi connectivity index (χ0n) is 18.5. The van der Waals surface area contributed by atoms with Gasteiger partial charge < -0.3 is 29.4 Å². The number of para-hydroxylation sites is 1. The summed E-state index contributed by atoms with van der Waals surface area (Å²) in [5.41, 5.74) is 2.22. The number of aliphatic imine (C=N–C) groups is 1. The molecule has 1 aromatic heterocycles. The average molecular weight is 538 g/mol. The maximum absolute atomic E-state index is 5.49. The zero-order valence-corrected chi connectivity index (χ0v) is 20.8. The van der Waals surface area contributed by atoms with Crippen molar-refractivity contribution < 1.29 is 14.2 Å². The van der Waals surface area contributed by atoms with Crippen molar-refractivity contribution in [3.63, 3.8) is 0 Å². The number of nitrogens with zero attached hydrogens (tertiary/aromatic N) is 2. The third-order valence-electron chi connectivity index (χ3n) is 5.00. The Balaban J connectivity index is 0.00000341. The van der Waals surface area contributed by atoms with E-state index in [9.17, 15) is 0 Å². The molecule has 8 heteroatoms. The van der Waals surface area contributed by atoms with Gasteiger partial charge in [-0.2, -0.15) is 0 Å². The first-order valence-corrected chi connectivity index (χ1v) is 9.97. The second kappa shape index (κ2) is 12.3. The molecule has 0 saturated carbocycles. The van der Waals surface area contributed by atoms with Gasteiger partial charge in [0.25, 0.3) is 0 Å². The molecule has 0 atom stereocenters. The molecular weight excluding hydrogens is 507 g/mol.